The van der Waals surface area contributed by atoms with E-state index < -0.39 is 5.97 Å². The Balaban J connectivity index is 2.08. The normalized spacial score (nSPS) is 12.0. The number of carbonyl (C=O) groups excluding carboxylic acids is 1. The molecule has 2 aromatic rings. The number of carboxylic acids is 1. The first-order valence-corrected chi connectivity index (χ1v) is 7.43. The van der Waals surface area contributed by atoms with Gasteiger partial charge in [-0.25, -0.2) is 4.79 Å². The highest BCUT2D eigenvalue weighted by atomic mass is 16.4. The van der Waals surface area contributed by atoms with Crippen molar-refractivity contribution in [2.24, 2.45) is 7.05 Å². The topological polar surface area (TPSA) is 84.2 Å². The Hall–Kier alpha value is -2.63. The van der Waals surface area contributed by atoms with Crippen LogP contribution in [0, 0.1) is 13.8 Å². The van der Waals surface area contributed by atoms with E-state index in [1.54, 1.807) is 12.1 Å². The molecule has 0 bridgehead atoms. The first-order valence-electron chi connectivity index (χ1n) is 7.43. The van der Waals surface area contributed by atoms with Gasteiger partial charge >= 0.3 is 5.97 Å². The van der Waals surface area contributed by atoms with E-state index in [0.717, 1.165) is 17.0 Å². The highest BCUT2D eigenvalue weighted by Gasteiger charge is 2.16. The molecular weight excluding hydrogens is 294 g/mol. The Kier molecular flexibility index (Phi) is 4.83. The van der Waals surface area contributed by atoms with Crippen LogP contribution in [0.4, 0.5) is 0 Å². The number of nitrogens with one attached hydrogen (secondary N) is 1. The van der Waals surface area contributed by atoms with Crippen molar-refractivity contribution in [2.75, 3.05) is 0 Å². The second kappa shape index (κ2) is 6.64. The van der Waals surface area contributed by atoms with E-state index in [-0.39, 0.29) is 17.5 Å². The lowest BCUT2D eigenvalue weighted by Crippen LogP contribution is -2.34. The van der Waals surface area contributed by atoms with Crippen LogP contribution in [0.25, 0.3) is 0 Å². The lowest BCUT2D eigenvalue weighted by Gasteiger charge is -2.14. The summed E-state index contributed by atoms with van der Waals surface area (Å²) in [4.78, 5) is 23.2. The van der Waals surface area contributed by atoms with Crippen molar-refractivity contribution >= 4 is 11.9 Å². The van der Waals surface area contributed by atoms with E-state index >= 15 is 0 Å². The largest absolute Gasteiger partial charge is 0.478 e. The first-order chi connectivity index (χ1) is 10.8. The summed E-state index contributed by atoms with van der Waals surface area (Å²) in [6.45, 7) is 5.87. The van der Waals surface area contributed by atoms with Crippen molar-refractivity contribution in [3.63, 3.8) is 0 Å². The molecule has 1 atom stereocenters. The predicted molar refractivity (Wildman–Crippen MR) is 86.7 cm³/mol. The van der Waals surface area contributed by atoms with Crippen LogP contribution in [0.15, 0.2) is 24.3 Å². The molecule has 0 radical (unpaired) electrons. The number of nitrogens with zero attached hydrogens (tertiary/aromatic N) is 2. The molecule has 2 rings (SSSR count). The van der Waals surface area contributed by atoms with Gasteiger partial charge in [-0.2, -0.15) is 5.10 Å². The summed E-state index contributed by atoms with van der Waals surface area (Å²) in [5, 5.41) is 16.3. The third-order valence-electron chi connectivity index (χ3n) is 3.92. The Morgan fingerprint density at radius 1 is 1.30 bits per heavy atom. The summed E-state index contributed by atoms with van der Waals surface area (Å²) in [5.41, 5.74) is 3.61. The van der Waals surface area contributed by atoms with E-state index in [2.05, 4.69) is 10.4 Å². The van der Waals surface area contributed by atoms with Gasteiger partial charge in [-0.1, -0.05) is 6.07 Å². The lowest BCUT2D eigenvalue weighted by molar-refractivity contribution is 0.0697. The van der Waals surface area contributed by atoms with Gasteiger partial charge in [-0.15, -0.1) is 0 Å². The average Bonchev–Trinajstić information content (AvgIpc) is 2.73. The van der Waals surface area contributed by atoms with E-state index in [1.165, 1.54) is 12.1 Å². The highest BCUT2D eigenvalue weighted by molar-refractivity contribution is 5.97. The maximum atomic E-state index is 12.3. The Morgan fingerprint density at radius 2 is 1.96 bits per heavy atom. The van der Waals surface area contributed by atoms with Gasteiger partial charge in [0.2, 0.25) is 0 Å². The summed E-state index contributed by atoms with van der Waals surface area (Å²) >= 11 is 0. The second-order valence-electron chi connectivity index (χ2n) is 5.74. The number of benzene rings is 1. The minimum Gasteiger partial charge on any atom is -0.478 e. The zero-order valence-corrected chi connectivity index (χ0v) is 13.8. The number of aromatic carboxylic acids is 1. The summed E-state index contributed by atoms with van der Waals surface area (Å²) in [5.74, 6) is -1.32. The van der Waals surface area contributed by atoms with Crippen molar-refractivity contribution < 1.29 is 14.7 Å². The molecule has 0 aliphatic heterocycles. The molecule has 0 spiro atoms. The number of hydrogen-bond donors (Lipinski definition) is 2. The van der Waals surface area contributed by atoms with Crippen LogP contribution in [-0.2, 0) is 13.5 Å². The first kappa shape index (κ1) is 16.7. The molecule has 6 nitrogen and oxygen atoms in total. The number of carbonyl (C=O) groups is 2. The fraction of sp³-hybridized carbons (Fsp3) is 0.353. The van der Waals surface area contributed by atoms with Crippen LogP contribution < -0.4 is 5.32 Å². The molecular formula is C17H21N3O3. The molecule has 0 fully saturated rings. The zero-order valence-electron chi connectivity index (χ0n) is 13.8. The van der Waals surface area contributed by atoms with Crippen LogP contribution in [-0.4, -0.2) is 32.8 Å². The van der Waals surface area contributed by atoms with Gasteiger partial charge in [0.15, 0.2) is 0 Å². The van der Waals surface area contributed by atoms with Crippen molar-refractivity contribution in [1.29, 1.82) is 0 Å². The third kappa shape index (κ3) is 3.77. The van der Waals surface area contributed by atoms with Gasteiger partial charge in [0.05, 0.1) is 11.3 Å². The molecule has 1 aromatic carbocycles. The minimum absolute atomic E-state index is 0.0856. The molecule has 0 saturated heterocycles. The van der Waals surface area contributed by atoms with Gasteiger partial charge in [0.25, 0.3) is 5.91 Å². The molecule has 0 aliphatic carbocycles. The Labute approximate surface area is 135 Å². The average molecular weight is 315 g/mol. The number of amides is 1. The van der Waals surface area contributed by atoms with Gasteiger partial charge in [0.1, 0.15) is 0 Å². The SMILES string of the molecule is Cc1nn(C)c(C)c1CC(C)NC(=O)c1cccc(C(=O)O)c1. The van der Waals surface area contributed by atoms with Crippen LogP contribution in [0.3, 0.4) is 0 Å². The van der Waals surface area contributed by atoms with Crippen molar-refractivity contribution in [2.45, 2.75) is 33.2 Å². The fourth-order valence-corrected chi connectivity index (χ4v) is 2.57. The second-order valence-corrected chi connectivity index (χ2v) is 5.74. The third-order valence-corrected chi connectivity index (χ3v) is 3.92. The molecule has 2 N–H and O–H groups in total. The van der Waals surface area contributed by atoms with Gasteiger partial charge in [0, 0.05) is 24.3 Å². The van der Waals surface area contributed by atoms with Crippen molar-refractivity contribution in [1.82, 2.24) is 15.1 Å². The molecule has 0 aliphatic rings. The predicted octanol–water partition coefficient (Wildman–Crippen LogP) is 2.10. The summed E-state index contributed by atoms with van der Waals surface area (Å²) in [6, 6.07) is 5.93. The maximum absolute atomic E-state index is 12.3. The minimum atomic E-state index is -1.05. The van der Waals surface area contributed by atoms with Crippen LogP contribution in [0.1, 0.15) is 44.6 Å². The fourth-order valence-electron chi connectivity index (χ4n) is 2.57. The molecule has 1 aromatic heterocycles. The molecule has 1 amide bonds. The smallest absolute Gasteiger partial charge is 0.335 e. The summed E-state index contributed by atoms with van der Waals surface area (Å²) in [7, 11) is 1.90. The highest BCUT2D eigenvalue weighted by Crippen LogP contribution is 2.14. The van der Waals surface area contributed by atoms with Crippen molar-refractivity contribution in [3.8, 4) is 0 Å². The number of rotatable bonds is 5. The monoisotopic (exact) mass is 315 g/mol. The molecule has 0 saturated carbocycles. The van der Waals surface area contributed by atoms with E-state index in [0.29, 0.717) is 12.0 Å². The summed E-state index contributed by atoms with van der Waals surface area (Å²) < 4.78 is 1.83. The van der Waals surface area contributed by atoms with Gasteiger partial charge in [-0.05, 0) is 51.0 Å². The van der Waals surface area contributed by atoms with Crippen LogP contribution in [0.2, 0.25) is 0 Å². The van der Waals surface area contributed by atoms with E-state index in [4.69, 9.17) is 5.11 Å². The molecule has 1 unspecified atom stereocenters. The molecule has 1 heterocycles. The number of carboxylic acid groups (broad SMARTS) is 1. The van der Waals surface area contributed by atoms with E-state index in [1.807, 2.05) is 32.5 Å². The number of hydrogen-bond acceptors (Lipinski definition) is 3. The van der Waals surface area contributed by atoms with Gasteiger partial charge < -0.3 is 10.4 Å². The van der Waals surface area contributed by atoms with Crippen LogP contribution >= 0.6 is 0 Å². The molecule has 6 heteroatoms. The molecule has 23 heavy (non-hydrogen) atoms. The van der Waals surface area contributed by atoms with Crippen LogP contribution in [0.5, 0.6) is 0 Å². The quantitative estimate of drug-likeness (QED) is 0.885. The van der Waals surface area contributed by atoms with E-state index in [9.17, 15) is 9.59 Å². The maximum Gasteiger partial charge on any atom is 0.335 e. The Bertz CT molecular complexity index is 750. The standard InChI is InChI=1S/C17H21N3O3/c1-10(8-15-11(2)19-20(4)12(15)3)18-16(21)13-6-5-7-14(9-13)17(22)23/h5-7,9-10H,8H2,1-4H3,(H,18,21)(H,22,23). The number of aromatic nitrogens is 2. The zero-order chi connectivity index (χ0) is 17.1. The van der Waals surface area contributed by atoms with Gasteiger partial charge in [-0.3, -0.25) is 9.48 Å². The Morgan fingerprint density at radius 3 is 2.52 bits per heavy atom. The summed E-state index contributed by atoms with van der Waals surface area (Å²) in [6.07, 6.45) is 0.676. The van der Waals surface area contributed by atoms with Crippen molar-refractivity contribution in [3.05, 3.63) is 52.3 Å². The number of aryl methyl sites for hydroxylation is 2. The molecule has 122 valence electrons. The lowest BCUT2D eigenvalue weighted by atomic mass is 10.0.